The number of nitrogens with zero attached hydrogens (tertiary/aromatic N) is 4. The molecule has 4 heterocycles. The molecule has 0 unspecified atom stereocenters. The molecule has 0 bridgehead atoms. The standard InChI is InChI=1S/C32H32Cl2N6O2/c1-18-15-40(16-18)17-28-32(42-3)39-27(14-36-28)23-8-4-6-21(29(23)33)22-7-5-9-24(30(22)34)38-31(41)25-12-19(2)20-10-11-35-13-26(20)37-25/h4-9,12,14,18,35H,10-11,13,15-17H2,1-3H3,(H,38,41). The van der Waals surface area contributed by atoms with Crippen LogP contribution in [0.2, 0.25) is 10.0 Å². The van der Waals surface area contributed by atoms with Gasteiger partial charge in [0.25, 0.3) is 5.91 Å². The summed E-state index contributed by atoms with van der Waals surface area (Å²) < 4.78 is 5.59. The maximum atomic E-state index is 13.2. The summed E-state index contributed by atoms with van der Waals surface area (Å²) in [5.74, 6) is 0.865. The number of hydrogen-bond acceptors (Lipinski definition) is 7. The van der Waals surface area contributed by atoms with Crippen molar-refractivity contribution in [2.75, 3.05) is 32.1 Å². The zero-order valence-electron chi connectivity index (χ0n) is 23.8. The number of likely N-dealkylation sites (tertiary alicyclic amines) is 1. The van der Waals surface area contributed by atoms with Gasteiger partial charge >= 0.3 is 0 Å². The number of hydrogen-bond donors (Lipinski definition) is 2. The first-order valence-corrected chi connectivity index (χ1v) is 14.8. The fraction of sp³-hybridized carbons (Fsp3) is 0.312. The quantitative estimate of drug-likeness (QED) is 0.261. The fourth-order valence-corrected chi connectivity index (χ4v) is 6.32. The summed E-state index contributed by atoms with van der Waals surface area (Å²) in [5.41, 5.74) is 7.52. The van der Waals surface area contributed by atoms with Gasteiger partial charge in [-0.05, 0) is 49.1 Å². The second kappa shape index (κ2) is 12.0. The van der Waals surface area contributed by atoms with Crippen LogP contribution in [0.1, 0.15) is 39.9 Å². The Hall–Kier alpha value is -3.56. The van der Waals surface area contributed by atoms with Gasteiger partial charge in [0, 0.05) is 42.9 Å². The number of aromatic nitrogens is 3. The Kier molecular flexibility index (Phi) is 8.14. The van der Waals surface area contributed by atoms with Crippen LogP contribution >= 0.6 is 23.2 Å². The minimum absolute atomic E-state index is 0.319. The van der Waals surface area contributed by atoms with E-state index >= 15 is 0 Å². The normalized spacial score (nSPS) is 15.2. The van der Waals surface area contributed by atoms with Gasteiger partial charge in [-0.25, -0.2) is 9.97 Å². The van der Waals surface area contributed by atoms with Gasteiger partial charge in [0.15, 0.2) is 0 Å². The zero-order valence-corrected chi connectivity index (χ0v) is 25.3. The van der Waals surface area contributed by atoms with Gasteiger partial charge in [0.2, 0.25) is 5.88 Å². The molecule has 0 saturated carbocycles. The van der Waals surface area contributed by atoms with Gasteiger partial charge < -0.3 is 15.4 Å². The van der Waals surface area contributed by atoms with Gasteiger partial charge in [0.1, 0.15) is 11.4 Å². The number of rotatable bonds is 7. The van der Waals surface area contributed by atoms with E-state index in [1.807, 2.05) is 43.3 Å². The van der Waals surface area contributed by atoms with Crippen molar-refractivity contribution < 1.29 is 9.53 Å². The molecule has 2 aliphatic rings. The second-order valence-corrected chi connectivity index (χ2v) is 11.7. The zero-order chi connectivity index (χ0) is 29.4. The van der Waals surface area contributed by atoms with Crippen LogP contribution in [0.3, 0.4) is 0 Å². The SMILES string of the molecule is COc1nc(-c2cccc(-c3cccc(NC(=O)c4cc(C)c5c(n4)CNCC5)c3Cl)c2Cl)cnc1CN1CC(C)C1. The number of ether oxygens (including phenoxy) is 1. The molecule has 216 valence electrons. The summed E-state index contributed by atoms with van der Waals surface area (Å²) in [7, 11) is 1.60. The number of benzene rings is 2. The molecule has 2 aromatic carbocycles. The van der Waals surface area contributed by atoms with Crippen molar-refractivity contribution >= 4 is 34.8 Å². The lowest BCUT2D eigenvalue weighted by molar-refractivity contribution is 0.102. The molecule has 0 atom stereocenters. The fourth-order valence-electron chi connectivity index (χ4n) is 5.72. The Bertz CT molecular complexity index is 1670. The second-order valence-electron chi connectivity index (χ2n) is 11.0. The summed E-state index contributed by atoms with van der Waals surface area (Å²) in [6, 6.07) is 13.0. The number of halogens is 2. The topological polar surface area (TPSA) is 92.3 Å². The van der Waals surface area contributed by atoms with Crippen LogP contribution in [-0.2, 0) is 19.5 Å². The third kappa shape index (κ3) is 5.60. The lowest BCUT2D eigenvalue weighted by atomic mass is 10.00. The number of carbonyl (C=O) groups excluding carboxylic acids is 1. The Labute approximate surface area is 255 Å². The van der Waals surface area contributed by atoms with E-state index in [0.29, 0.717) is 68.7 Å². The van der Waals surface area contributed by atoms with Gasteiger partial charge in [-0.1, -0.05) is 60.5 Å². The number of pyridine rings is 1. The summed E-state index contributed by atoms with van der Waals surface area (Å²) in [6.07, 6.45) is 2.64. The lowest BCUT2D eigenvalue weighted by Crippen LogP contribution is -2.44. The number of fused-ring (bicyclic) bond motifs is 1. The van der Waals surface area contributed by atoms with E-state index in [1.165, 1.54) is 5.56 Å². The van der Waals surface area contributed by atoms with Crippen molar-refractivity contribution in [3.63, 3.8) is 0 Å². The third-order valence-electron chi connectivity index (χ3n) is 7.84. The molecule has 1 fully saturated rings. The predicted octanol–water partition coefficient (Wildman–Crippen LogP) is 6.18. The van der Waals surface area contributed by atoms with Crippen molar-refractivity contribution in [3.8, 4) is 28.3 Å². The van der Waals surface area contributed by atoms with Crippen LogP contribution in [0.25, 0.3) is 22.4 Å². The molecule has 4 aromatic rings. The highest BCUT2D eigenvalue weighted by Crippen LogP contribution is 2.41. The first kappa shape index (κ1) is 28.6. The monoisotopic (exact) mass is 602 g/mol. The number of carbonyl (C=O) groups is 1. The summed E-state index contributed by atoms with van der Waals surface area (Å²) in [4.78, 5) is 29.6. The summed E-state index contributed by atoms with van der Waals surface area (Å²) in [6.45, 7) is 8.60. The average molecular weight is 604 g/mol. The molecule has 2 N–H and O–H groups in total. The van der Waals surface area contributed by atoms with Crippen LogP contribution in [0.5, 0.6) is 5.88 Å². The van der Waals surface area contributed by atoms with E-state index in [9.17, 15) is 4.79 Å². The van der Waals surface area contributed by atoms with E-state index in [-0.39, 0.29) is 5.91 Å². The highest BCUT2D eigenvalue weighted by Gasteiger charge is 2.25. The average Bonchev–Trinajstić information content (AvgIpc) is 2.98. The number of amides is 1. The minimum atomic E-state index is -0.319. The Morgan fingerprint density at radius 1 is 1.10 bits per heavy atom. The van der Waals surface area contributed by atoms with Crippen LogP contribution in [0, 0.1) is 12.8 Å². The Morgan fingerprint density at radius 2 is 1.83 bits per heavy atom. The molecule has 0 radical (unpaired) electrons. The van der Waals surface area contributed by atoms with E-state index < -0.39 is 0 Å². The largest absolute Gasteiger partial charge is 0.480 e. The van der Waals surface area contributed by atoms with Crippen molar-refractivity contribution in [1.29, 1.82) is 0 Å². The molecule has 10 heteroatoms. The van der Waals surface area contributed by atoms with Crippen LogP contribution in [-0.4, -0.2) is 52.5 Å². The van der Waals surface area contributed by atoms with Gasteiger partial charge in [-0.15, -0.1) is 0 Å². The molecule has 2 aliphatic heterocycles. The Morgan fingerprint density at radius 3 is 2.60 bits per heavy atom. The first-order valence-electron chi connectivity index (χ1n) is 14.0. The molecule has 0 aliphatic carbocycles. The summed E-state index contributed by atoms with van der Waals surface area (Å²) >= 11 is 13.9. The van der Waals surface area contributed by atoms with Gasteiger partial charge in [-0.3, -0.25) is 14.7 Å². The number of nitrogens with one attached hydrogen (secondary N) is 2. The number of anilines is 1. The predicted molar refractivity (Wildman–Crippen MR) is 166 cm³/mol. The molecule has 0 spiro atoms. The van der Waals surface area contributed by atoms with Crippen molar-refractivity contribution in [2.45, 2.75) is 33.4 Å². The van der Waals surface area contributed by atoms with Crippen LogP contribution in [0.4, 0.5) is 5.69 Å². The minimum Gasteiger partial charge on any atom is -0.480 e. The summed E-state index contributed by atoms with van der Waals surface area (Å²) in [5, 5.41) is 7.12. The molecule has 1 saturated heterocycles. The molecular weight excluding hydrogens is 571 g/mol. The molecular formula is C32H32Cl2N6O2. The highest BCUT2D eigenvalue weighted by atomic mass is 35.5. The van der Waals surface area contributed by atoms with E-state index in [1.54, 1.807) is 19.4 Å². The van der Waals surface area contributed by atoms with Crippen LogP contribution in [0.15, 0.2) is 48.7 Å². The third-order valence-corrected chi connectivity index (χ3v) is 8.65. The smallest absolute Gasteiger partial charge is 0.274 e. The number of aryl methyl sites for hydroxylation is 1. The molecule has 1 amide bonds. The maximum Gasteiger partial charge on any atom is 0.274 e. The van der Waals surface area contributed by atoms with Crippen molar-refractivity contribution in [1.82, 2.24) is 25.2 Å². The van der Waals surface area contributed by atoms with Gasteiger partial charge in [0.05, 0.1) is 40.4 Å². The van der Waals surface area contributed by atoms with Crippen molar-refractivity contribution in [2.24, 2.45) is 5.92 Å². The molecule has 2 aromatic heterocycles. The molecule has 8 nitrogen and oxygen atoms in total. The number of methoxy groups -OCH3 is 1. The van der Waals surface area contributed by atoms with E-state index in [0.717, 1.165) is 43.0 Å². The van der Waals surface area contributed by atoms with E-state index in [2.05, 4.69) is 32.4 Å². The lowest BCUT2D eigenvalue weighted by Gasteiger charge is -2.36. The van der Waals surface area contributed by atoms with Crippen LogP contribution < -0.4 is 15.4 Å². The maximum absolute atomic E-state index is 13.2. The molecule has 6 rings (SSSR count). The highest BCUT2D eigenvalue weighted by molar-refractivity contribution is 6.39. The molecule has 42 heavy (non-hydrogen) atoms. The first-order chi connectivity index (χ1) is 20.3. The Balaban J connectivity index is 1.28. The van der Waals surface area contributed by atoms with E-state index in [4.69, 9.17) is 32.9 Å². The van der Waals surface area contributed by atoms with Crippen molar-refractivity contribution in [3.05, 3.63) is 86.9 Å². The van der Waals surface area contributed by atoms with Gasteiger partial charge in [-0.2, -0.15) is 0 Å².